The van der Waals surface area contributed by atoms with Crippen LogP contribution in [-0.4, -0.2) is 6.04 Å². The van der Waals surface area contributed by atoms with Gasteiger partial charge in [0.25, 0.3) is 0 Å². The summed E-state index contributed by atoms with van der Waals surface area (Å²) in [7, 11) is 0. The topological polar surface area (TPSA) is 38.0 Å². The van der Waals surface area contributed by atoms with Gasteiger partial charge in [0.2, 0.25) is 0 Å². The summed E-state index contributed by atoms with van der Waals surface area (Å²) in [6, 6.07) is 14.4. The maximum absolute atomic E-state index is 6.28. The molecule has 3 N–H and O–H groups in total. The Balaban J connectivity index is 1.83. The van der Waals surface area contributed by atoms with Crippen LogP contribution >= 0.6 is 23.2 Å². The minimum absolute atomic E-state index is 0.173. The van der Waals surface area contributed by atoms with Crippen molar-refractivity contribution in [2.75, 3.05) is 0 Å². The Labute approximate surface area is 135 Å². The number of nitrogens with two attached hydrogens (primary N) is 1. The van der Waals surface area contributed by atoms with E-state index < -0.39 is 0 Å². The average Bonchev–Trinajstić information content (AvgIpc) is 2.91. The molecule has 0 radical (unpaired) electrons. The normalized spacial score (nSPS) is 18.5. The van der Waals surface area contributed by atoms with Crippen LogP contribution in [0.2, 0.25) is 10.0 Å². The van der Waals surface area contributed by atoms with Crippen molar-refractivity contribution in [3.8, 4) is 0 Å². The van der Waals surface area contributed by atoms with Gasteiger partial charge in [0, 0.05) is 22.0 Å². The van der Waals surface area contributed by atoms with Gasteiger partial charge in [-0.25, -0.2) is 0 Å². The number of hydrazine groups is 1. The number of aryl methyl sites for hydroxylation is 1. The molecule has 0 aliphatic heterocycles. The fourth-order valence-corrected chi connectivity index (χ4v) is 3.74. The van der Waals surface area contributed by atoms with Crippen LogP contribution < -0.4 is 11.3 Å². The lowest BCUT2D eigenvalue weighted by Gasteiger charge is -2.24. The molecule has 2 atom stereocenters. The van der Waals surface area contributed by atoms with Crippen molar-refractivity contribution in [2.45, 2.75) is 31.2 Å². The van der Waals surface area contributed by atoms with Gasteiger partial charge >= 0.3 is 0 Å². The van der Waals surface area contributed by atoms with E-state index in [2.05, 4.69) is 29.7 Å². The van der Waals surface area contributed by atoms with Crippen LogP contribution in [0.4, 0.5) is 0 Å². The van der Waals surface area contributed by atoms with Crippen LogP contribution in [0.5, 0.6) is 0 Å². The molecule has 0 aromatic heterocycles. The molecule has 3 rings (SSSR count). The highest BCUT2D eigenvalue weighted by atomic mass is 35.5. The summed E-state index contributed by atoms with van der Waals surface area (Å²) in [4.78, 5) is 0. The molecule has 0 saturated carbocycles. The molecular formula is C17H18Cl2N2. The lowest BCUT2D eigenvalue weighted by atomic mass is 9.89. The zero-order chi connectivity index (χ0) is 14.8. The third-order valence-corrected chi connectivity index (χ3v) is 4.92. The van der Waals surface area contributed by atoms with E-state index in [-0.39, 0.29) is 6.04 Å². The van der Waals surface area contributed by atoms with Crippen molar-refractivity contribution in [3.05, 3.63) is 69.2 Å². The van der Waals surface area contributed by atoms with E-state index >= 15 is 0 Å². The molecule has 1 aliphatic carbocycles. The van der Waals surface area contributed by atoms with Gasteiger partial charge in [-0.15, -0.1) is 0 Å². The number of benzene rings is 2. The number of halogens is 2. The van der Waals surface area contributed by atoms with Crippen molar-refractivity contribution in [2.24, 2.45) is 5.84 Å². The van der Waals surface area contributed by atoms with Gasteiger partial charge in [0.1, 0.15) is 0 Å². The lowest BCUT2D eigenvalue weighted by molar-refractivity contribution is 0.434. The first-order chi connectivity index (χ1) is 10.2. The molecule has 2 aromatic rings. The number of hydrogen-bond donors (Lipinski definition) is 2. The highest BCUT2D eigenvalue weighted by molar-refractivity contribution is 6.35. The maximum atomic E-state index is 6.28. The molecule has 2 aromatic carbocycles. The van der Waals surface area contributed by atoms with Crippen molar-refractivity contribution in [1.82, 2.24) is 5.43 Å². The molecule has 21 heavy (non-hydrogen) atoms. The lowest BCUT2D eigenvalue weighted by Crippen LogP contribution is -2.40. The molecule has 1 aliphatic rings. The maximum Gasteiger partial charge on any atom is 0.0453 e. The third-order valence-electron chi connectivity index (χ3n) is 4.33. The van der Waals surface area contributed by atoms with Gasteiger partial charge in [-0.3, -0.25) is 11.3 Å². The second-order valence-electron chi connectivity index (χ2n) is 5.56. The molecule has 2 unspecified atom stereocenters. The molecule has 0 heterocycles. The zero-order valence-electron chi connectivity index (χ0n) is 11.7. The summed E-state index contributed by atoms with van der Waals surface area (Å²) >= 11 is 12.2. The minimum atomic E-state index is 0.173. The molecule has 0 fully saturated rings. The first-order valence-electron chi connectivity index (χ1n) is 7.17. The summed E-state index contributed by atoms with van der Waals surface area (Å²) in [6.07, 6.45) is 3.04. The number of nitrogens with one attached hydrogen (secondary N) is 1. The Hall–Kier alpha value is -1.06. The Morgan fingerprint density at radius 1 is 1.19 bits per heavy atom. The smallest absolute Gasteiger partial charge is 0.0453 e. The number of rotatable bonds is 4. The van der Waals surface area contributed by atoms with Gasteiger partial charge in [0.15, 0.2) is 0 Å². The van der Waals surface area contributed by atoms with E-state index in [1.54, 1.807) is 6.07 Å². The molecule has 110 valence electrons. The Bertz CT molecular complexity index is 642. The summed E-state index contributed by atoms with van der Waals surface area (Å²) in [5.74, 6) is 6.25. The first kappa shape index (κ1) is 14.9. The zero-order valence-corrected chi connectivity index (χ0v) is 13.2. The van der Waals surface area contributed by atoms with E-state index in [4.69, 9.17) is 29.0 Å². The summed E-state index contributed by atoms with van der Waals surface area (Å²) in [5, 5.41) is 1.36. The van der Waals surface area contributed by atoms with E-state index in [0.717, 1.165) is 24.8 Å². The van der Waals surface area contributed by atoms with E-state index in [9.17, 15) is 0 Å². The van der Waals surface area contributed by atoms with Gasteiger partial charge in [-0.1, -0.05) is 53.5 Å². The fraction of sp³-hybridized carbons (Fsp3) is 0.294. The van der Waals surface area contributed by atoms with Gasteiger partial charge in [-0.2, -0.15) is 0 Å². The number of fused-ring (bicyclic) bond motifs is 1. The second kappa shape index (κ2) is 6.37. The van der Waals surface area contributed by atoms with Crippen LogP contribution in [-0.2, 0) is 12.8 Å². The highest BCUT2D eigenvalue weighted by Gasteiger charge is 2.29. The molecule has 0 bridgehead atoms. The van der Waals surface area contributed by atoms with Crippen molar-refractivity contribution in [3.63, 3.8) is 0 Å². The molecular weight excluding hydrogens is 303 g/mol. The second-order valence-corrected chi connectivity index (χ2v) is 6.40. The summed E-state index contributed by atoms with van der Waals surface area (Å²) in [6.45, 7) is 0. The summed E-state index contributed by atoms with van der Waals surface area (Å²) in [5.41, 5.74) is 6.90. The molecule has 0 spiro atoms. The predicted octanol–water partition coefficient (Wildman–Crippen LogP) is 4.10. The van der Waals surface area contributed by atoms with Crippen LogP contribution in [0.1, 0.15) is 29.0 Å². The van der Waals surface area contributed by atoms with Crippen LogP contribution in [0, 0.1) is 0 Å². The third kappa shape index (κ3) is 3.09. The SMILES string of the molecule is NNC(Cc1ccc(Cl)cc1Cl)C1CCc2ccccc21. The van der Waals surface area contributed by atoms with Gasteiger partial charge < -0.3 is 0 Å². The molecule has 2 nitrogen and oxygen atoms in total. The van der Waals surface area contributed by atoms with Crippen molar-refractivity contribution < 1.29 is 0 Å². The van der Waals surface area contributed by atoms with Crippen molar-refractivity contribution >= 4 is 23.2 Å². The summed E-state index contributed by atoms with van der Waals surface area (Å²) < 4.78 is 0. The van der Waals surface area contributed by atoms with Crippen LogP contribution in [0.3, 0.4) is 0 Å². The molecule has 4 heteroatoms. The van der Waals surface area contributed by atoms with E-state index in [1.165, 1.54) is 11.1 Å². The van der Waals surface area contributed by atoms with Crippen LogP contribution in [0.25, 0.3) is 0 Å². The Kier molecular flexibility index (Phi) is 4.51. The van der Waals surface area contributed by atoms with E-state index in [1.807, 2.05) is 12.1 Å². The van der Waals surface area contributed by atoms with Crippen molar-refractivity contribution in [1.29, 1.82) is 0 Å². The fourth-order valence-electron chi connectivity index (χ4n) is 3.25. The average molecular weight is 321 g/mol. The molecule has 0 amide bonds. The Morgan fingerprint density at radius 2 is 2.00 bits per heavy atom. The molecule has 0 saturated heterocycles. The standard InChI is InChI=1S/C17H18Cl2N2/c18-13-7-5-12(16(19)10-13)9-17(21-20)15-8-6-11-3-1-2-4-14(11)15/h1-5,7,10,15,17,21H,6,8-9,20H2. The number of hydrogen-bond acceptors (Lipinski definition) is 2. The van der Waals surface area contributed by atoms with Crippen LogP contribution in [0.15, 0.2) is 42.5 Å². The predicted molar refractivity (Wildman–Crippen MR) is 88.8 cm³/mol. The minimum Gasteiger partial charge on any atom is -0.271 e. The highest BCUT2D eigenvalue weighted by Crippen LogP contribution is 2.36. The quantitative estimate of drug-likeness (QED) is 0.657. The van der Waals surface area contributed by atoms with Gasteiger partial charge in [-0.05, 0) is 48.1 Å². The monoisotopic (exact) mass is 320 g/mol. The largest absolute Gasteiger partial charge is 0.271 e. The Morgan fingerprint density at radius 3 is 2.76 bits per heavy atom. The van der Waals surface area contributed by atoms with Gasteiger partial charge in [0.05, 0.1) is 0 Å². The van der Waals surface area contributed by atoms with E-state index in [0.29, 0.717) is 16.0 Å². The first-order valence-corrected chi connectivity index (χ1v) is 7.92.